The second-order valence-corrected chi connectivity index (χ2v) is 4.27. The first-order chi connectivity index (χ1) is 9.69. The number of urea groups is 1. The fraction of sp³-hybridized carbons (Fsp3) is 0.214. The zero-order chi connectivity index (χ0) is 14.4. The molecule has 1 atom stereocenters. The summed E-state index contributed by atoms with van der Waals surface area (Å²) in [5, 5.41) is 13.5. The van der Waals surface area contributed by atoms with Gasteiger partial charge in [0.05, 0.1) is 18.1 Å². The number of nitrogens with zero attached hydrogens (tertiary/aromatic N) is 3. The van der Waals surface area contributed by atoms with E-state index >= 15 is 0 Å². The fourth-order valence-electron chi connectivity index (χ4n) is 1.65. The van der Waals surface area contributed by atoms with Gasteiger partial charge in [-0.05, 0) is 31.2 Å². The van der Waals surface area contributed by atoms with Crippen LogP contribution in [-0.2, 0) is 0 Å². The Balaban J connectivity index is 1.94. The number of carbonyl (C=O) groups is 1. The van der Waals surface area contributed by atoms with Gasteiger partial charge in [-0.3, -0.25) is 0 Å². The van der Waals surface area contributed by atoms with Crippen molar-refractivity contribution in [3.8, 4) is 18.0 Å². The summed E-state index contributed by atoms with van der Waals surface area (Å²) < 4.78 is 0. The normalized spacial score (nSPS) is 11.4. The largest absolute Gasteiger partial charge is 0.334 e. The van der Waals surface area contributed by atoms with Crippen LogP contribution < -0.4 is 10.6 Å². The van der Waals surface area contributed by atoms with Crippen LogP contribution in [0, 0.1) is 12.3 Å². The predicted molar refractivity (Wildman–Crippen MR) is 76.4 cm³/mol. The summed E-state index contributed by atoms with van der Waals surface area (Å²) in [7, 11) is 0. The van der Waals surface area contributed by atoms with Crippen molar-refractivity contribution in [3.05, 3.63) is 36.7 Å². The molecule has 0 unspecified atom stereocenters. The summed E-state index contributed by atoms with van der Waals surface area (Å²) in [6, 6.07) is 6.86. The minimum absolute atomic E-state index is 0.0625. The van der Waals surface area contributed by atoms with E-state index in [0.717, 1.165) is 5.69 Å². The molecule has 1 heterocycles. The van der Waals surface area contributed by atoms with Crippen molar-refractivity contribution in [2.45, 2.75) is 19.4 Å². The molecule has 0 aliphatic heterocycles. The Morgan fingerprint density at radius 1 is 1.35 bits per heavy atom. The maximum absolute atomic E-state index is 11.7. The van der Waals surface area contributed by atoms with Crippen LogP contribution in [0.25, 0.3) is 5.69 Å². The Morgan fingerprint density at radius 2 is 2.00 bits per heavy atom. The van der Waals surface area contributed by atoms with E-state index in [4.69, 9.17) is 6.42 Å². The minimum Gasteiger partial charge on any atom is -0.334 e. The molecule has 0 fully saturated rings. The van der Waals surface area contributed by atoms with Gasteiger partial charge in [-0.2, -0.15) is 15.0 Å². The predicted octanol–water partition coefficient (Wildman–Crippen LogP) is 1.80. The van der Waals surface area contributed by atoms with Gasteiger partial charge >= 0.3 is 6.03 Å². The number of amides is 2. The Labute approximate surface area is 117 Å². The third kappa shape index (κ3) is 3.59. The van der Waals surface area contributed by atoms with Gasteiger partial charge in [0.25, 0.3) is 0 Å². The first kappa shape index (κ1) is 13.6. The number of carbonyl (C=O) groups excluding carboxylic acids is 1. The van der Waals surface area contributed by atoms with Gasteiger partial charge in [0.2, 0.25) is 0 Å². The molecular formula is C14H15N5O. The first-order valence-electron chi connectivity index (χ1n) is 6.17. The lowest BCUT2D eigenvalue weighted by Gasteiger charge is -2.12. The van der Waals surface area contributed by atoms with Gasteiger partial charge in [-0.1, -0.05) is 0 Å². The van der Waals surface area contributed by atoms with E-state index in [1.165, 1.54) is 4.80 Å². The zero-order valence-corrected chi connectivity index (χ0v) is 11.1. The van der Waals surface area contributed by atoms with Gasteiger partial charge in [0, 0.05) is 18.2 Å². The highest BCUT2D eigenvalue weighted by atomic mass is 16.2. The molecule has 20 heavy (non-hydrogen) atoms. The van der Waals surface area contributed by atoms with Gasteiger partial charge < -0.3 is 10.6 Å². The highest BCUT2D eigenvalue weighted by Gasteiger charge is 2.06. The molecule has 0 aliphatic rings. The van der Waals surface area contributed by atoms with Crippen LogP contribution in [0.3, 0.4) is 0 Å². The smallest absolute Gasteiger partial charge is 0.319 e. The molecule has 0 radical (unpaired) electrons. The number of nitrogens with one attached hydrogen (secondary N) is 2. The molecule has 0 aliphatic carbocycles. The summed E-state index contributed by atoms with van der Waals surface area (Å²) in [4.78, 5) is 13.2. The third-order valence-electron chi connectivity index (χ3n) is 2.58. The quantitative estimate of drug-likeness (QED) is 0.831. The lowest BCUT2D eigenvalue weighted by molar-refractivity contribution is 0.249. The summed E-state index contributed by atoms with van der Waals surface area (Å²) in [5.41, 5.74) is 1.51. The van der Waals surface area contributed by atoms with Crippen LogP contribution in [0.1, 0.15) is 13.3 Å². The number of rotatable bonds is 4. The molecule has 0 saturated heterocycles. The van der Waals surface area contributed by atoms with Crippen LogP contribution in [0.5, 0.6) is 0 Å². The van der Waals surface area contributed by atoms with E-state index in [1.807, 2.05) is 19.1 Å². The molecule has 2 N–H and O–H groups in total. The Morgan fingerprint density at radius 3 is 2.60 bits per heavy atom. The molecule has 2 aromatic rings. The molecule has 6 heteroatoms. The number of aromatic nitrogens is 3. The molecule has 0 bridgehead atoms. The third-order valence-corrected chi connectivity index (χ3v) is 2.58. The minimum atomic E-state index is -0.280. The Hall–Kier alpha value is -2.81. The molecule has 0 spiro atoms. The maximum atomic E-state index is 11.7. The zero-order valence-electron chi connectivity index (χ0n) is 11.1. The van der Waals surface area contributed by atoms with E-state index in [-0.39, 0.29) is 12.1 Å². The van der Waals surface area contributed by atoms with Crippen molar-refractivity contribution < 1.29 is 4.79 Å². The monoisotopic (exact) mass is 269 g/mol. The summed E-state index contributed by atoms with van der Waals surface area (Å²) in [5.74, 6) is 2.50. The van der Waals surface area contributed by atoms with E-state index in [0.29, 0.717) is 12.1 Å². The highest BCUT2D eigenvalue weighted by Crippen LogP contribution is 2.11. The molecule has 1 aromatic carbocycles. The van der Waals surface area contributed by atoms with Crippen LogP contribution in [0.15, 0.2) is 36.7 Å². The molecule has 2 rings (SSSR count). The number of terminal acetylenes is 1. The molecule has 2 amide bonds. The van der Waals surface area contributed by atoms with Crippen molar-refractivity contribution in [2.24, 2.45) is 0 Å². The number of benzene rings is 1. The topological polar surface area (TPSA) is 71.8 Å². The van der Waals surface area contributed by atoms with E-state index in [1.54, 1.807) is 24.5 Å². The van der Waals surface area contributed by atoms with Crippen LogP contribution >= 0.6 is 0 Å². The first-order valence-corrected chi connectivity index (χ1v) is 6.17. The standard InChI is InChI=1S/C14H15N5O/c1-3-4-11(2)17-14(20)18-12-5-7-13(8-6-12)19-15-9-10-16-19/h1,5-11H,4H2,2H3,(H2,17,18,20)/t11-/m0/s1. The van der Waals surface area contributed by atoms with E-state index < -0.39 is 0 Å². The van der Waals surface area contributed by atoms with E-state index in [9.17, 15) is 4.79 Å². The van der Waals surface area contributed by atoms with Crippen molar-refractivity contribution in [1.82, 2.24) is 20.3 Å². The molecule has 6 nitrogen and oxygen atoms in total. The van der Waals surface area contributed by atoms with Crippen LogP contribution in [0.4, 0.5) is 10.5 Å². The van der Waals surface area contributed by atoms with Crippen molar-refractivity contribution in [3.63, 3.8) is 0 Å². The maximum Gasteiger partial charge on any atom is 0.319 e. The van der Waals surface area contributed by atoms with Gasteiger partial charge in [-0.15, -0.1) is 12.3 Å². The average molecular weight is 269 g/mol. The number of anilines is 1. The van der Waals surface area contributed by atoms with Crippen LogP contribution in [0.2, 0.25) is 0 Å². The molecule has 1 aromatic heterocycles. The van der Waals surface area contributed by atoms with Crippen molar-refractivity contribution in [1.29, 1.82) is 0 Å². The van der Waals surface area contributed by atoms with Crippen LogP contribution in [-0.4, -0.2) is 27.1 Å². The van der Waals surface area contributed by atoms with E-state index in [2.05, 4.69) is 26.8 Å². The Bertz CT molecular complexity index is 597. The number of hydrogen-bond acceptors (Lipinski definition) is 3. The molecule has 102 valence electrons. The second-order valence-electron chi connectivity index (χ2n) is 4.27. The highest BCUT2D eigenvalue weighted by molar-refractivity contribution is 5.89. The molecular weight excluding hydrogens is 254 g/mol. The Kier molecular flexibility index (Phi) is 4.35. The second kappa shape index (κ2) is 6.38. The van der Waals surface area contributed by atoms with Crippen molar-refractivity contribution in [2.75, 3.05) is 5.32 Å². The van der Waals surface area contributed by atoms with Gasteiger partial charge in [0.1, 0.15) is 0 Å². The average Bonchev–Trinajstić information content (AvgIpc) is 2.93. The summed E-state index contributed by atoms with van der Waals surface area (Å²) in [6.45, 7) is 1.85. The lowest BCUT2D eigenvalue weighted by Crippen LogP contribution is -2.35. The fourth-order valence-corrected chi connectivity index (χ4v) is 1.65. The summed E-state index contributed by atoms with van der Waals surface area (Å²) in [6.07, 6.45) is 8.89. The summed E-state index contributed by atoms with van der Waals surface area (Å²) >= 11 is 0. The number of hydrogen-bond donors (Lipinski definition) is 2. The lowest BCUT2D eigenvalue weighted by atomic mass is 10.2. The SMILES string of the molecule is C#CC[C@H](C)NC(=O)Nc1ccc(-n2nccn2)cc1. The van der Waals surface area contributed by atoms with Gasteiger partial charge in [-0.25, -0.2) is 4.79 Å². The molecule has 0 saturated carbocycles. The van der Waals surface area contributed by atoms with Crippen molar-refractivity contribution >= 4 is 11.7 Å². The van der Waals surface area contributed by atoms with Gasteiger partial charge in [0.15, 0.2) is 0 Å².